The van der Waals surface area contributed by atoms with Gasteiger partial charge in [0.05, 0.1) is 6.61 Å². The van der Waals surface area contributed by atoms with Crippen LogP contribution in [0.15, 0.2) is 18.2 Å². The van der Waals surface area contributed by atoms with Crippen LogP contribution in [0.2, 0.25) is 5.02 Å². The summed E-state index contributed by atoms with van der Waals surface area (Å²) in [6.07, 6.45) is 1.52. The van der Waals surface area contributed by atoms with Crippen molar-refractivity contribution in [1.82, 2.24) is 10.2 Å². The normalized spacial score (nSPS) is 26.3. The third-order valence-corrected chi connectivity index (χ3v) is 6.99. The lowest BCUT2D eigenvalue weighted by Crippen LogP contribution is -2.55. The fourth-order valence-electron chi connectivity index (χ4n) is 3.79. The lowest BCUT2D eigenvalue weighted by Gasteiger charge is -2.40. The Bertz CT molecular complexity index is 834. The van der Waals surface area contributed by atoms with Crippen molar-refractivity contribution in [2.45, 2.75) is 82.4 Å². The van der Waals surface area contributed by atoms with Crippen LogP contribution in [0.25, 0.3) is 0 Å². The quantitative estimate of drug-likeness (QED) is 0.394. The number of unbranched alkanes of at least 4 members (excludes halogenated alkanes) is 4. The summed E-state index contributed by atoms with van der Waals surface area (Å²) in [6, 6.07) is 5.23. The Hall–Kier alpha value is -1.13. The minimum absolute atomic E-state index is 0.464. The predicted molar refractivity (Wildman–Crippen MR) is 119 cm³/mol. The Morgan fingerprint density at radius 3 is 2.48 bits per heavy atom. The number of aromatic nitrogens is 2. The van der Waals surface area contributed by atoms with Crippen LogP contribution in [0, 0.1) is 0 Å². The molecule has 3 rings (SSSR count). The van der Waals surface area contributed by atoms with Crippen LogP contribution in [0.5, 0.6) is 0 Å². The number of hydrogen-bond acceptors (Lipinski definition) is 8. The summed E-state index contributed by atoms with van der Waals surface area (Å²) in [7, 11) is 0. The summed E-state index contributed by atoms with van der Waals surface area (Å²) in [6.45, 7) is 1.74. The minimum Gasteiger partial charge on any atom is -0.394 e. The maximum Gasteiger partial charge on any atom is 0.121 e. The van der Waals surface area contributed by atoms with Crippen molar-refractivity contribution in [3.05, 3.63) is 44.4 Å². The second-order valence-corrected chi connectivity index (χ2v) is 9.58. The number of nitrogens with zero attached hydrogens (tertiary/aromatic N) is 2. The Kier molecular flexibility index (Phi) is 9.21. The van der Waals surface area contributed by atoms with Crippen molar-refractivity contribution < 1.29 is 25.2 Å². The number of aryl methyl sites for hydroxylation is 1. The second kappa shape index (κ2) is 11.7. The molecule has 1 aliphatic rings. The number of aliphatic hydroxyl groups excluding tert-OH is 4. The molecule has 9 heteroatoms. The van der Waals surface area contributed by atoms with Crippen LogP contribution >= 0.6 is 22.9 Å². The topological polar surface area (TPSA) is 116 Å². The van der Waals surface area contributed by atoms with Gasteiger partial charge in [-0.25, -0.2) is 0 Å². The van der Waals surface area contributed by atoms with Crippen molar-refractivity contribution in [2.75, 3.05) is 6.61 Å². The van der Waals surface area contributed by atoms with Gasteiger partial charge in [-0.05, 0) is 23.6 Å². The zero-order valence-corrected chi connectivity index (χ0v) is 19.2. The first-order valence-corrected chi connectivity index (χ1v) is 12.0. The van der Waals surface area contributed by atoms with Crippen LogP contribution in [-0.4, -0.2) is 61.6 Å². The maximum absolute atomic E-state index is 10.4. The molecule has 0 amide bonds. The van der Waals surface area contributed by atoms with E-state index in [1.54, 1.807) is 29.5 Å². The Labute approximate surface area is 191 Å². The van der Waals surface area contributed by atoms with Crippen molar-refractivity contribution in [2.24, 2.45) is 0 Å². The smallest absolute Gasteiger partial charge is 0.121 e. The molecule has 1 aromatic carbocycles. The van der Waals surface area contributed by atoms with E-state index in [1.165, 1.54) is 25.7 Å². The molecule has 1 saturated heterocycles. The first-order chi connectivity index (χ1) is 14.9. The standard InChI is InChI=1S/C22H31ClN2O5S/c1-2-3-4-5-6-7-17-24-25-18(31-17)11-14-10-13(8-9-15(14)23)22-21(29)20(28)19(27)16(12-26)30-22/h8-10,16,19-22,26-29H,2-7,11-12H2,1H3/t16-,19-,20+,21?,22?/m1/s1. The zero-order chi connectivity index (χ0) is 22.4. The molecular formula is C22H31ClN2O5S. The van der Waals surface area contributed by atoms with Gasteiger partial charge < -0.3 is 25.2 Å². The van der Waals surface area contributed by atoms with Gasteiger partial charge in [-0.2, -0.15) is 0 Å². The summed E-state index contributed by atoms with van der Waals surface area (Å²) in [5.41, 5.74) is 1.42. The fraction of sp³-hybridized carbons (Fsp3) is 0.636. The number of hydrogen-bond donors (Lipinski definition) is 4. The molecule has 5 atom stereocenters. The van der Waals surface area contributed by atoms with Gasteiger partial charge in [-0.1, -0.05) is 56.3 Å². The highest BCUT2D eigenvalue weighted by Crippen LogP contribution is 2.34. The van der Waals surface area contributed by atoms with Gasteiger partial charge >= 0.3 is 0 Å². The van der Waals surface area contributed by atoms with Crippen LogP contribution < -0.4 is 0 Å². The first-order valence-electron chi connectivity index (χ1n) is 10.8. The lowest BCUT2D eigenvalue weighted by molar-refractivity contribution is -0.231. The van der Waals surface area contributed by atoms with Gasteiger partial charge in [0.15, 0.2) is 0 Å². The molecule has 4 N–H and O–H groups in total. The molecule has 0 bridgehead atoms. The summed E-state index contributed by atoms with van der Waals surface area (Å²) in [4.78, 5) is 0. The van der Waals surface area contributed by atoms with Crippen molar-refractivity contribution in [1.29, 1.82) is 0 Å². The molecule has 172 valence electrons. The Morgan fingerprint density at radius 1 is 1.00 bits per heavy atom. The summed E-state index contributed by atoms with van der Waals surface area (Å²) < 4.78 is 5.66. The molecule has 2 heterocycles. The van der Waals surface area contributed by atoms with E-state index in [-0.39, 0.29) is 0 Å². The molecule has 0 saturated carbocycles. The van der Waals surface area contributed by atoms with Gasteiger partial charge in [-0.3, -0.25) is 0 Å². The average Bonchev–Trinajstić information content (AvgIpc) is 3.21. The van der Waals surface area contributed by atoms with E-state index in [4.69, 9.17) is 16.3 Å². The van der Waals surface area contributed by atoms with Crippen LogP contribution in [0.3, 0.4) is 0 Å². The number of ether oxygens (including phenoxy) is 1. The van der Waals surface area contributed by atoms with E-state index < -0.39 is 37.1 Å². The molecule has 1 aromatic heterocycles. The molecule has 7 nitrogen and oxygen atoms in total. The molecule has 0 radical (unpaired) electrons. The largest absolute Gasteiger partial charge is 0.394 e. The van der Waals surface area contributed by atoms with E-state index in [2.05, 4.69) is 17.1 Å². The van der Waals surface area contributed by atoms with Crippen LogP contribution in [0.1, 0.15) is 66.3 Å². The molecule has 1 aliphatic heterocycles. The molecule has 0 spiro atoms. The fourth-order valence-corrected chi connectivity index (χ4v) is 4.88. The van der Waals surface area contributed by atoms with Crippen molar-refractivity contribution >= 4 is 22.9 Å². The molecule has 2 unspecified atom stereocenters. The second-order valence-electron chi connectivity index (χ2n) is 8.03. The van der Waals surface area contributed by atoms with Crippen LogP contribution in [0.4, 0.5) is 0 Å². The first kappa shape index (κ1) is 24.5. The van der Waals surface area contributed by atoms with E-state index in [0.29, 0.717) is 17.0 Å². The highest BCUT2D eigenvalue weighted by molar-refractivity contribution is 7.11. The highest BCUT2D eigenvalue weighted by atomic mass is 35.5. The molecule has 31 heavy (non-hydrogen) atoms. The van der Waals surface area contributed by atoms with E-state index in [9.17, 15) is 20.4 Å². The molecule has 1 fully saturated rings. The summed E-state index contributed by atoms with van der Waals surface area (Å²) in [5, 5.41) is 50.9. The molecule has 2 aromatic rings. The van der Waals surface area contributed by atoms with Crippen molar-refractivity contribution in [3.8, 4) is 0 Å². The van der Waals surface area contributed by atoms with Crippen molar-refractivity contribution in [3.63, 3.8) is 0 Å². The number of aliphatic hydroxyl groups is 4. The van der Waals surface area contributed by atoms with Gasteiger partial charge in [0, 0.05) is 17.9 Å². The van der Waals surface area contributed by atoms with Gasteiger partial charge in [-0.15, -0.1) is 21.5 Å². The zero-order valence-electron chi connectivity index (χ0n) is 17.7. The minimum atomic E-state index is -1.42. The number of benzene rings is 1. The molecular weight excluding hydrogens is 440 g/mol. The average molecular weight is 471 g/mol. The van der Waals surface area contributed by atoms with Gasteiger partial charge in [0.2, 0.25) is 0 Å². The SMILES string of the molecule is CCCCCCCc1nnc(Cc2cc(C3O[C@H](CO)[C@@H](O)[C@H](O)C3O)ccc2Cl)s1. The maximum atomic E-state index is 10.4. The number of halogens is 1. The Balaban J connectivity index is 1.68. The lowest BCUT2D eigenvalue weighted by atomic mass is 9.90. The monoisotopic (exact) mass is 470 g/mol. The third-order valence-electron chi connectivity index (χ3n) is 5.64. The third kappa shape index (κ3) is 6.22. The number of rotatable bonds is 10. The van der Waals surface area contributed by atoms with Crippen LogP contribution in [-0.2, 0) is 17.6 Å². The highest BCUT2D eigenvalue weighted by Gasteiger charge is 2.44. The van der Waals surface area contributed by atoms with Gasteiger partial charge in [0.1, 0.15) is 40.5 Å². The van der Waals surface area contributed by atoms with E-state index >= 15 is 0 Å². The van der Waals surface area contributed by atoms with Gasteiger partial charge in [0.25, 0.3) is 0 Å². The summed E-state index contributed by atoms with van der Waals surface area (Å²) in [5.74, 6) is 0. The van der Waals surface area contributed by atoms with E-state index in [1.807, 2.05) is 0 Å². The van der Waals surface area contributed by atoms with E-state index in [0.717, 1.165) is 28.4 Å². The summed E-state index contributed by atoms with van der Waals surface area (Å²) >= 11 is 7.97. The predicted octanol–water partition coefficient (Wildman–Crippen LogP) is 2.81. The molecule has 0 aliphatic carbocycles. The Morgan fingerprint density at radius 2 is 1.74 bits per heavy atom.